The second-order valence-corrected chi connectivity index (χ2v) is 4.95. The minimum absolute atomic E-state index is 0.0544. The van der Waals surface area contributed by atoms with Crippen molar-refractivity contribution in [3.63, 3.8) is 0 Å². The van der Waals surface area contributed by atoms with Gasteiger partial charge in [-0.15, -0.1) is 0 Å². The average molecular weight is 331 g/mol. The van der Waals surface area contributed by atoms with Crippen molar-refractivity contribution >= 4 is 24.0 Å². The molecule has 1 heterocycles. The first kappa shape index (κ1) is 18.8. The SMILES string of the molecule is CC(=O)NC(=O)OCNCC1CCC(COC(=O)NC(C)=O)O1. The number of nitrogens with one attached hydrogen (secondary N) is 3. The highest BCUT2D eigenvalue weighted by molar-refractivity contribution is 5.90. The first-order chi connectivity index (χ1) is 10.9. The summed E-state index contributed by atoms with van der Waals surface area (Å²) in [7, 11) is 0. The van der Waals surface area contributed by atoms with Crippen LogP contribution in [0, 0.1) is 0 Å². The summed E-state index contributed by atoms with van der Waals surface area (Å²) in [5.41, 5.74) is 0. The van der Waals surface area contributed by atoms with E-state index in [4.69, 9.17) is 14.2 Å². The summed E-state index contributed by atoms with van der Waals surface area (Å²) >= 11 is 0. The Balaban J connectivity index is 2.08. The second-order valence-electron chi connectivity index (χ2n) is 4.95. The van der Waals surface area contributed by atoms with Crippen LogP contribution in [0.25, 0.3) is 0 Å². The van der Waals surface area contributed by atoms with Gasteiger partial charge in [-0.2, -0.15) is 0 Å². The van der Waals surface area contributed by atoms with Crippen LogP contribution in [0.1, 0.15) is 26.7 Å². The van der Waals surface area contributed by atoms with Gasteiger partial charge in [-0.05, 0) is 12.8 Å². The van der Waals surface area contributed by atoms with Crippen molar-refractivity contribution in [1.82, 2.24) is 16.0 Å². The summed E-state index contributed by atoms with van der Waals surface area (Å²) in [5.74, 6) is -0.982. The molecule has 2 atom stereocenters. The van der Waals surface area contributed by atoms with Gasteiger partial charge in [0.15, 0.2) is 0 Å². The van der Waals surface area contributed by atoms with Crippen molar-refractivity contribution in [3.05, 3.63) is 0 Å². The predicted molar refractivity (Wildman–Crippen MR) is 76.2 cm³/mol. The highest BCUT2D eigenvalue weighted by Crippen LogP contribution is 2.19. The number of imide groups is 2. The van der Waals surface area contributed by atoms with Gasteiger partial charge >= 0.3 is 12.2 Å². The topological polar surface area (TPSA) is 132 Å². The molecule has 0 aromatic carbocycles. The maximum Gasteiger partial charge on any atom is 0.415 e. The lowest BCUT2D eigenvalue weighted by Gasteiger charge is -2.14. The molecule has 130 valence electrons. The van der Waals surface area contributed by atoms with E-state index in [0.29, 0.717) is 13.0 Å². The molecule has 1 saturated heterocycles. The smallest absolute Gasteiger partial charge is 0.415 e. The fraction of sp³-hybridized carbons (Fsp3) is 0.692. The molecule has 1 rings (SSSR count). The van der Waals surface area contributed by atoms with Gasteiger partial charge in [0.1, 0.15) is 13.3 Å². The van der Waals surface area contributed by atoms with Gasteiger partial charge in [-0.1, -0.05) is 0 Å². The third-order valence-electron chi connectivity index (χ3n) is 2.83. The van der Waals surface area contributed by atoms with Gasteiger partial charge < -0.3 is 14.2 Å². The Morgan fingerprint density at radius 1 is 0.957 bits per heavy atom. The van der Waals surface area contributed by atoms with E-state index in [1.54, 1.807) is 0 Å². The minimum Gasteiger partial charge on any atom is -0.446 e. The first-order valence-electron chi connectivity index (χ1n) is 7.11. The zero-order chi connectivity index (χ0) is 17.2. The van der Waals surface area contributed by atoms with E-state index in [1.807, 2.05) is 10.6 Å². The molecule has 10 heteroatoms. The van der Waals surface area contributed by atoms with Crippen LogP contribution >= 0.6 is 0 Å². The van der Waals surface area contributed by atoms with Crippen LogP contribution in [0.2, 0.25) is 0 Å². The van der Waals surface area contributed by atoms with Gasteiger partial charge in [-0.3, -0.25) is 25.5 Å². The molecule has 1 aliphatic heterocycles. The van der Waals surface area contributed by atoms with Crippen LogP contribution in [0.4, 0.5) is 9.59 Å². The van der Waals surface area contributed by atoms with E-state index in [9.17, 15) is 19.2 Å². The van der Waals surface area contributed by atoms with Crippen LogP contribution in [0.5, 0.6) is 0 Å². The maximum absolute atomic E-state index is 11.1. The van der Waals surface area contributed by atoms with Gasteiger partial charge in [0.05, 0.1) is 12.2 Å². The third kappa shape index (κ3) is 8.73. The molecular weight excluding hydrogens is 310 g/mol. The number of hydrogen-bond donors (Lipinski definition) is 3. The van der Waals surface area contributed by atoms with E-state index in [1.165, 1.54) is 13.8 Å². The number of rotatable bonds is 6. The fourth-order valence-corrected chi connectivity index (χ4v) is 1.92. The van der Waals surface area contributed by atoms with Crippen LogP contribution < -0.4 is 16.0 Å². The van der Waals surface area contributed by atoms with Gasteiger partial charge in [0, 0.05) is 20.4 Å². The Bertz CT molecular complexity index is 455. The minimum atomic E-state index is -0.819. The molecule has 23 heavy (non-hydrogen) atoms. The largest absolute Gasteiger partial charge is 0.446 e. The molecule has 2 unspecified atom stereocenters. The summed E-state index contributed by atoms with van der Waals surface area (Å²) in [4.78, 5) is 43.4. The van der Waals surface area contributed by atoms with Crippen LogP contribution in [-0.4, -0.2) is 56.1 Å². The number of carbonyl (C=O) groups excluding carboxylic acids is 4. The number of ether oxygens (including phenoxy) is 3. The lowest BCUT2D eigenvalue weighted by Crippen LogP contribution is -2.35. The fourth-order valence-electron chi connectivity index (χ4n) is 1.92. The normalized spacial score (nSPS) is 19.7. The number of carbonyl (C=O) groups is 4. The van der Waals surface area contributed by atoms with E-state index < -0.39 is 24.0 Å². The summed E-state index contributed by atoms with van der Waals surface area (Å²) in [6.07, 6.45) is -0.478. The van der Waals surface area contributed by atoms with Crippen molar-refractivity contribution in [3.8, 4) is 0 Å². The summed E-state index contributed by atoms with van der Waals surface area (Å²) < 4.78 is 15.2. The maximum atomic E-state index is 11.1. The van der Waals surface area contributed by atoms with Crippen molar-refractivity contribution < 1.29 is 33.4 Å². The zero-order valence-corrected chi connectivity index (χ0v) is 13.0. The summed E-state index contributed by atoms with van der Waals surface area (Å²) in [6, 6.07) is 0. The van der Waals surface area contributed by atoms with Gasteiger partial charge in [0.25, 0.3) is 0 Å². The molecule has 10 nitrogen and oxygen atoms in total. The molecule has 1 fully saturated rings. The Labute approximate surface area is 133 Å². The lowest BCUT2D eigenvalue weighted by atomic mass is 10.2. The van der Waals surface area contributed by atoms with Crippen LogP contribution in [0.15, 0.2) is 0 Å². The second kappa shape index (κ2) is 9.74. The molecule has 1 aliphatic rings. The zero-order valence-electron chi connectivity index (χ0n) is 13.0. The Morgan fingerprint density at radius 2 is 1.52 bits per heavy atom. The van der Waals surface area contributed by atoms with E-state index in [0.717, 1.165) is 6.42 Å². The quantitative estimate of drug-likeness (QED) is 0.443. The number of amides is 4. The monoisotopic (exact) mass is 331 g/mol. The van der Waals surface area contributed by atoms with E-state index in [-0.39, 0.29) is 25.5 Å². The van der Waals surface area contributed by atoms with Crippen LogP contribution in [0.3, 0.4) is 0 Å². The molecule has 0 bridgehead atoms. The average Bonchev–Trinajstić information content (AvgIpc) is 2.88. The van der Waals surface area contributed by atoms with Crippen molar-refractivity contribution in [2.75, 3.05) is 19.9 Å². The first-order valence-corrected chi connectivity index (χ1v) is 7.11. The third-order valence-corrected chi connectivity index (χ3v) is 2.83. The molecule has 0 saturated carbocycles. The Morgan fingerprint density at radius 3 is 2.13 bits per heavy atom. The highest BCUT2D eigenvalue weighted by Gasteiger charge is 2.26. The highest BCUT2D eigenvalue weighted by atomic mass is 16.6. The molecule has 0 radical (unpaired) electrons. The molecule has 4 amide bonds. The van der Waals surface area contributed by atoms with Crippen molar-refractivity contribution in [2.45, 2.75) is 38.9 Å². The van der Waals surface area contributed by atoms with E-state index >= 15 is 0 Å². The molecule has 3 N–H and O–H groups in total. The molecule has 0 spiro atoms. The molecule has 0 aliphatic carbocycles. The Kier molecular flexibility index (Phi) is 7.98. The van der Waals surface area contributed by atoms with Gasteiger partial charge in [-0.25, -0.2) is 9.59 Å². The van der Waals surface area contributed by atoms with Crippen molar-refractivity contribution in [1.29, 1.82) is 0 Å². The van der Waals surface area contributed by atoms with Crippen molar-refractivity contribution in [2.24, 2.45) is 0 Å². The number of alkyl carbamates (subject to hydrolysis) is 2. The van der Waals surface area contributed by atoms with E-state index in [2.05, 4.69) is 5.32 Å². The van der Waals surface area contributed by atoms with Gasteiger partial charge in [0.2, 0.25) is 11.8 Å². The predicted octanol–water partition coefficient (Wildman–Crippen LogP) is -0.373. The molecule has 0 aromatic heterocycles. The standard InChI is InChI=1S/C13H21N3O7/c1-8(17)15-12(19)21-6-11-4-3-10(23-11)5-14-7-22-13(20)16-9(2)18/h10-11,14H,3-7H2,1-2H3,(H,15,17,19)(H,16,18,20). The number of hydrogen-bond acceptors (Lipinski definition) is 8. The molecule has 0 aromatic rings. The summed E-state index contributed by atoms with van der Waals surface area (Å²) in [5, 5.41) is 6.83. The summed E-state index contributed by atoms with van der Waals surface area (Å²) in [6.45, 7) is 2.88. The molecular formula is C13H21N3O7. The van der Waals surface area contributed by atoms with Crippen LogP contribution in [-0.2, 0) is 23.8 Å². The Hall–Kier alpha value is -2.20. The lowest BCUT2D eigenvalue weighted by molar-refractivity contribution is -0.119.